The first kappa shape index (κ1) is 13.7. The van der Waals surface area contributed by atoms with Gasteiger partial charge in [0.2, 0.25) is 0 Å². The van der Waals surface area contributed by atoms with Crippen LogP contribution in [0.25, 0.3) is 0 Å². The number of aryl methyl sites for hydroxylation is 1. The minimum atomic E-state index is -0.961. The molecular formula is C13H19N3O3. The Morgan fingerprint density at radius 1 is 1.26 bits per heavy atom. The third-order valence-electron chi connectivity index (χ3n) is 3.37. The van der Waals surface area contributed by atoms with Gasteiger partial charge in [-0.3, -0.25) is 0 Å². The zero-order valence-electron chi connectivity index (χ0n) is 11.7. The number of rotatable bonds is 2. The number of carboxylic acids is 1. The van der Waals surface area contributed by atoms with Crippen molar-refractivity contribution < 1.29 is 14.6 Å². The second kappa shape index (κ2) is 5.13. The van der Waals surface area contributed by atoms with Gasteiger partial charge in [-0.1, -0.05) is 0 Å². The van der Waals surface area contributed by atoms with Crippen LogP contribution >= 0.6 is 0 Å². The third-order valence-corrected chi connectivity index (χ3v) is 3.37. The predicted octanol–water partition coefficient (Wildman–Crippen LogP) is 1.41. The summed E-state index contributed by atoms with van der Waals surface area (Å²) in [5, 5.41) is 17.6. The maximum absolute atomic E-state index is 11.5. The Balaban J connectivity index is 2.44. The average molecular weight is 265 g/mol. The van der Waals surface area contributed by atoms with Crippen molar-refractivity contribution in [1.82, 2.24) is 10.2 Å². The molecule has 0 aliphatic carbocycles. The Morgan fingerprint density at radius 3 is 2.37 bits per heavy atom. The fourth-order valence-corrected chi connectivity index (χ4v) is 2.42. The highest BCUT2D eigenvalue weighted by Gasteiger charge is 2.28. The SMILES string of the molecule is Cc1nnc(N2C[C@@H](C)O[C@@H](C)C2)c(C(=O)O)c1C. The molecule has 0 bridgehead atoms. The van der Waals surface area contributed by atoms with Crippen LogP contribution in [0.2, 0.25) is 0 Å². The Morgan fingerprint density at radius 2 is 1.84 bits per heavy atom. The molecule has 0 radical (unpaired) electrons. The molecule has 2 atom stereocenters. The molecule has 6 nitrogen and oxygen atoms in total. The quantitative estimate of drug-likeness (QED) is 0.871. The first-order valence-electron chi connectivity index (χ1n) is 6.37. The van der Waals surface area contributed by atoms with E-state index in [0.29, 0.717) is 30.2 Å². The standard InChI is InChI=1S/C13H19N3O3/c1-7-5-16(6-8(2)19-7)12-11(13(17)18)9(3)10(4)14-15-12/h7-8H,5-6H2,1-4H3,(H,17,18)/t7-,8+. The first-order chi connectivity index (χ1) is 8.90. The summed E-state index contributed by atoms with van der Waals surface area (Å²) in [5.41, 5.74) is 1.56. The highest BCUT2D eigenvalue weighted by atomic mass is 16.5. The maximum atomic E-state index is 11.5. The molecule has 0 spiro atoms. The van der Waals surface area contributed by atoms with Crippen molar-refractivity contribution in [3.8, 4) is 0 Å². The van der Waals surface area contributed by atoms with E-state index in [0.717, 1.165) is 0 Å². The molecular weight excluding hydrogens is 246 g/mol. The minimum Gasteiger partial charge on any atom is -0.478 e. The van der Waals surface area contributed by atoms with Crippen molar-refractivity contribution in [2.75, 3.05) is 18.0 Å². The van der Waals surface area contributed by atoms with Crippen molar-refractivity contribution in [3.05, 3.63) is 16.8 Å². The lowest BCUT2D eigenvalue weighted by molar-refractivity contribution is -0.00562. The lowest BCUT2D eigenvalue weighted by Gasteiger charge is -2.36. The van der Waals surface area contributed by atoms with E-state index >= 15 is 0 Å². The summed E-state index contributed by atoms with van der Waals surface area (Å²) in [4.78, 5) is 13.4. The van der Waals surface area contributed by atoms with E-state index < -0.39 is 5.97 Å². The predicted molar refractivity (Wildman–Crippen MR) is 70.7 cm³/mol. The Bertz CT molecular complexity index is 494. The molecule has 1 N–H and O–H groups in total. The maximum Gasteiger partial charge on any atom is 0.339 e. The van der Waals surface area contributed by atoms with Crippen molar-refractivity contribution in [2.24, 2.45) is 0 Å². The second-order valence-electron chi connectivity index (χ2n) is 5.08. The molecule has 1 aromatic rings. The molecule has 1 saturated heterocycles. The molecule has 1 aromatic heterocycles. The monoisotopic (exact) mass is 265 g/mol. The van der Waals surface area contributed by atoms with Crippen LogP contribution in [-0.4, -0.2) is 46.6 Å². The van der Waals surface area contributed by atoms with Crippen LogP contribution in [0.5, 0.6) is 0 Å². The smallest absolute Gasteiger partial charge is 0.339 e. The van der Waals surface area contributed by atoms with E-state index in [1.54, 1.807) is 13.8 Å². The van der Waals surface area contributed by atoms with Gasteiger partial charge in [0.15, 0.2) is 5.82 Å². The fraction of sp³-hybridized carbons (Fsp3) is 0.615. The van der Waals surface area contributed by atoms with Crippen LogP contribution in [-0.2, 0) is 4.74 Å². The molecule has 0 saturated carbocycles. The lowest BCUT2D eigenvalue weighted by atomic mass is 10.1. The van der Waals surface area contributed by atoms with Gasteiger partial charge in [-0.25, -0.2) is 4.79 Å². The Kier molecular flexibility index (Phi) is 3.71. The van der Waals surface area contributed by atoms with Gasteiger partial charge in [0.05, 0.1) is 17.9 Å². The molecule has 104 valence electrons. The molecule has 1 aliphatic heterocycles. The van der Waals surface area contributed by atoms with E-state index in [1.807, 2.05) is 18.7 Å². The molecule has 0 aromatic carbocycles. The number of morpholine rings is 1. The molecule has 1 fully saturated rings. The molecule has 2 rings (SSSR count). The van der Waals surface area contributed by atoms with Crippen LogP contribution < -0.4 is 4.90 Å². The Labute approximate surface area is 112 Å². The van der Waals surface area contributed by atoms with Crippen molar-refractivity contribution >= 4 is 11.8 Å². The molecule has 6 heteroatoms. The van der Waals surface area contributed by atoms with Gasteiger partial charge in [0, 0.05) is 13.1 Å². The number of aromatic carboxylic acids is 1. The number of hydrogen-bond donors (Lipinski definition) is 1. The van der Waals surface area contributed by atoms with Crippen LogP contribution in [0, 0.1) is 13.8 Å². The van der Waals surface area contributed by atoms with Crippen molar-refractivity contribution in [2.45, 2.75) is 39.9 Å². The van der Waals surface area contributed by atoms with Gasteiger partial charge >= 0.3 is 5.97 Å². The van der Waals surface area contributed by atoms with E-state index in [4.69, 9.17) is 4.74 Å². The number of carboxylic acid groups (broad SMARTS) is 1. The van der Waals surface area contributed by atoms with E-state index in [9.17, 15) is 9.90 Å². The summed E-state index contributed by atoms with van der Waals surface area (Å²) in [7, 11) is 0. The Hall–Kier alpha value is -1.69. The van der Waals surface area contributed by atoms with Gasteiger partial charge in [-0.2, -0.15) is 5.10 Å². The van der Waals surface area contributed by atoms with Gasteiger partial charge in [0.25, 0.3) is 0 Å². The van der Waals surface area contributed by atoms with Gasteiger partial charge in [-0.05, 0) is 33.3 Å². The fourth-order valence-electron chi connectivity index (χ4n) is 2.42. The molecule has 19 heavy (non-hydrogen) atoms. The number of anilines is 1. The second-order valence-corrected chi connectivity index (χ2v) is 5.08. The summed E-state index contributed by atoms with van der Waals surface area (Å²) in [6, 6.07) is 0. The summed E-state index contributed by atoms with van der Waals surface area (Å²) in [6.45, 7) is 8.73. The average Bonchev–Trinajstić information content (AvgIpc) is 2.30. The lowest BCUT2D eigenvalue weighted by Crippen LogP contribution is -2.46. The van der Waals surface area contributed by atoms with Crippen LogP contribution in [0.15, 0.2) is 0 Å². The zero-order chi connectivity index (χ0) is 14.2. The number of ether oxygens (including phenoxy) is 1. The summed E-state index contributed by atoms with van der Waals surface area (Å²) in [6.07, 6.45) is 0.0996. The highest BCUT2D eigenvalue weighted by molar-refractivity contribution is 5.95. The minimum absolute atomic E-state index is 0.0498. The van der Waals surface area contributed by atoms with Crippen molar-refractivity contribution in [3.63, 3.8) is 0 Å². The highest BCUT2D eigenvalue weighted by Crippen LogP contribution is 2.25. The zero-order valence-corrected chi connectivity index (χ0v) is 11.7. The third kappa shape index (κ3) is 2.68. The largest absolute Gasteiger partial charge is 0.478 e. The van der Waals surface area contributed by atoms with Crippen LogP contribution in [0.4, 0.5) is 5.82 Å². The number of aromatic nitrogens is 2. The van der Waals surface area contributed by atoms with Crippen LogP contribution in [0.1, 0.15) is 35.5 Å². The topological polar surface area (TPSA) is 75.5 Å². The van der Waals surface area contributed by atoms with E-state index in [1.165, 1.54) is 0 Å². The molecule has 0 unspecified atom stereocenters. The van der Waals surface area contributed by atoms with E-state index in [2.05, 4.69) is 10.2 Å². The van der Waals surface area contributed by atoms with Crippen LogP contribution in [0.3, 0.4) is 0 Å². The van der Waals surface area contributed by atoms with Gasteiger partial charge in [0.1, 0.15) is 5.56 Å². The van der Waals surface area contributed by atoms with Crippen molar-refractivity contribution in [1.29, 1.82) is 0 Å². The molecule has 0 amide bonds. The number of nitrogens with zero attached hydrogens (tertiary/aromatic N) is 3. The van der Waals surface area contributed by atoms with Gasteiger partial charge < -0.3 is 14.7 Å². The summed E-state index contributed by atoms with van der Waals surface area (Å²) < 4.78 is 5.65. The normalized spacial score (nSPS) is 23.5. The summed E-state index contributed by atoms with van der Waals surface area (Å²) in [5.74, 6) is -0.519. The number of carbonyl (C=O) groups is 1. The van der Waals surface area contributed by atoms with Gasteiger partial charge in [-0.15, -0.1) is 5.10 Å². The molecule has 1 aliphatic rings. The molecule has 2 heterocycles. The van der Waals surface area contributed by atoms with E-state index in [-0.39, 0.29) is 17.8 Å². The summed E-state index contributed by atoms with van der Waals surface area (Å²) >= 11 is 0. The first-order valence-corrected chi connectivity index (χ1v) is 6.37. The number of hydrogen-bond acceptors (Lipinski definition) is 5.